The minimum Gasteiger partial charge on any atom is -0.493 e. The number of esters is 1. The van der Waals surface area contributed by atoms with Gasteiger partial charge in [0.2, 0.25) is 0 Å². The van der Waals surface area contributed by atoms with Crippen molar-refractivity contribution < 1.29 is 23.8 Å². The molecule has 5 nitrogen and oxygen atoms in total. The molecule has 0 saturated carbocycles. The summed E-state index contributed by atoms with van der Waals surface area (Å²) in [7, 11) is 2.91. The van der Waals surface area contributed by atoms with Gasteiger partial charge in [0.25, 0.3) is 0 Å². The van der Waals surface area contributed by atoms with Crippen LogP contribution < -0.4 is 4.74 Å². The van der Waals surface area contributed by atoms with Crippen LogP contribution in [0.4, 0.5) is 0 Å². The second kappa shape index (κ2) is 7.53. The number of hydrogen-bond acceptors (Lipinski definition) is 5. The minimum absolute atomic E-state index is 0.0850. The van der Waals surface area contributed by atoms with Gasteiger partial charge < -0.3 is 14.2 Å². The van der Waals surface area contributed by atoms with E-state index in [-0.39, 0.29) is 5.78 Å². The summed E-state index contributed by atoms with van der Waals surface area (Å²) in [4.78, 5) is 22.9. The lowest BCUT2D eigenvalue weighted by atomic mass is 10.1. The smallest absolute Gasteiger partial charge is 0.341 e. The molecule has 0 saturated heterocycles. The molecule has 0 aliphatic carbocycles. The average molecular weight is 266 g/mol. The second-order valence-electron chi connectivity index (χ2n) is 3.95. The SMILES string of the molecule is COCCCOc1cc(C(C)=O)ccc1C(=O)OC. The number of benzene rings is 1. The van der Waals surface area contributed by atoms with Crippen molar-refractivity contribution in [2.24, 2.45) is 0 Å². The fourth-order valence-electron chi connectivity index (χ4n) is 1.52. The summed E-state index contributed by atoms with van der Waals surface area (Å²) in [5.74, 6) is -0.217. The Hall–Kier alpha value is -1.88. The fourth-order valence-corrected chi connectivity index (χ4v) is 1.52. The van der Waals surface area contributed by atoms with Gasteiger partial charge >= 0.3 is 5.97 Å². The van der Waals surface area contributed by atoms with Crippen molar-refractivity contribution in [3.63, 3.8) is 0 Å². The first-order valence-electron chi connectivity index (χ1n) is 5.95. The van der Waals surface area contributed by atoms with Crippen LogP contribution in [-0.4, -0.2) is 39.2 Å². The molecule has 104 valence electrons. The van der Waals surface area contributed by atoms with E-state index in [0.29, 0.717) is 36.5 Å². The van der Waals surface area contributed by atoms with Crippen LogP contribution in [0.1, 0.15) is 34.1 Å². The first-order valence-corrected chi connectivity index (χ1v) is 5.95. The summed E-state index contributed by atoms with van der Waals surface area (Å²) >= 11 is 0. The summed E-state index contributed by atoms with van der Waals surface area (Å²) in [6.07, 6.45) is 0.696. The maximum absolute atomic E-state index is 11.6. The van der Waals surface area contributed by atoms with Gasteiger partial charge in [-0.1, -0.05) is 6.07 Å². The molecule has 0 N–H and O–H groups in total. The minimum atomic E-state index is -0.489. The Morgan fingerprint density at radius 1 is 1.16 bits per heavy atom. The van der Waals surface area contributed by atoms with Crippen molar-refractivity contribution in [3.05, 3.63) is 29.3 Å². The Labute approximate surface area is 112 Å². The average Bonchev–Trinajstić information content (AvgIpc) is 2.42. The number of hydrogen-bond donors (Lipinski definition) is 0. The van der Waals surface area contributed by atoms with Crippen molar-refractivity contribution in [1.29, 1.82) is 0 Å². The van der Waals surface area contributed by atoms with Crippen LogP contribution in [-0.2, 0) is 9.47 Å². The third kappa shape index (κ3) is 4.37. The first kappa shape index (κ1) is 15.2. The van der Waals surface area contributed by atoms with Gasteiger partial charge in [-0.25, -0.2) is 4.79 Å². The Morgan fingerprint density at radius 3 is 2.47 bits per heavy atom. The van der Waals surface area contributed by atoms with Crippen LogP contribution in [0, 0.1) is 0 Å². The molecule has 0 unspecified atom stereocenters. The molecule has 0 fully saturated rings. The van der Waals surface area contributed by atoms with E-state index < -0.39 is 5.97 Å². The van der Waals surface area contributed by atoms with Crippen LogP contribution in [0.5, 0.6) is 5.75 Å². The van der Waals surface area contributed by atoms with Crippen molar-refractivity contribution in [2.75, 3.05) is 27.4 Å². The number of rotatable bonds is 7. The van der Waals surface area contributed by atoms with Gasteiger partial charge in [0.15, 0.2) is 5.78 Å². The predicted molar refractivity (Wildman–Crippen MR) is 69.8 cm³/mol. The zero-order valence-corrected chi connectivity index (χ0v) is 11.4. The van der Waals surface area contributed by atoms with Crippen LogP contribution in [0.3, 0.4) is 0 Å². The highest BCUT2D eigenvalue weighted by atomic mass is 16.5. The lowest BCUT2D eigenvalue weighted by molar-refractivity contribution is 0.0595. The normalized spacial score (nSPS) is 10.1. The Kier molecular flexibility index (Phi) is 6.02. The number of ether oxygens (including phenoxy) is 3. The summed E-state index contributed by atoms with van der Waals surface area (Å²) in [5, 5.41) is 0. The molecule has 5 heteroatoms. The second-order valence-corrected chi connectivity index (χ2v) is 3.95. The van der Waals surface area contributed by atoms with E-state index in [4.69, 9.17) is 9.47 Å². The van der Waals surface area contributed by atoms with E-state index in [9.17, 15) is 9.59 Å². The number of ketones is 1. The molecule has 0 bridgehead atoms. The van der Waals surface area contributed by atoms with Crippen molar-refractivity contribution >= 4 is 11.8 Å². The van der Waals surface area contributed by atoms with Gasteiger partial charge in [0.1, 0.15) is 11.3 Å². The van der Waals surface area contributed by atoms with E-state index in [0.717, 1.165) is 0 Å². The van der Waals surface area contributed by atoms with Crippen LogP contribution in [0.15, 0.2) is 18.2 Å². The number of Topliss-reactive ketones (excluding diaryl/α,β-unsaturated/α-hetero) is 1. The van der Waals surface area contributed by atoms with Crippen molar-refractivity contribution in [1.82, 2.24) is 0 Å². The summed E-state index contributed by atoms with van der Waals surface area (Å²) in [6, 6.07) is 4.67. The van der Waals surface area contributed by atoms with E-state index in [1.807, 2.05) is 0 Å². The van der Waals surface area contributed by atoms with Crippen LogP contribution in [0.2, 0.25) is 0 Å². The maximum Gasteiger partial charge on any atom is 0.341 e. The standard InChI is InChI=1S/C14H18O5/c1-10(15)11-5-6-12(14(16)18-3)13(9-11)19-8-4-7-17-2/h5-6,9H,4,7-8H2,1-3H3. The first-order chi connectivity index (χ1) is 9.10. The van der Waals surface area contributed by atoms with Gasteiger partial charge in [0, 0.05) is 25.7 Å². The Bertz CT molecular complexity index is 453. The Balaban J connectivity index is 2.91. The lowest BCUT2D eigenvalue weighted by Crippen LogP contribution is -2.09. The van der Waals surface area contributed by atoms with Gasteiger partial charge in [-0.05, 0) is 19.1 Å². The summed E-state index contributed by atoms with van der Waals surface area (Å²) in [6.45, 7) is 2.43. The van der Waals surface area contributed by atoms with E-state index >= 15 is 0 Å². The molecular weight excluding hydrogens is 248 g/mol. The molecule has 0 atom stereocenters. The maximum atomic E-state index is 11.6. The number of carbonyl (C=O) groups excluding carboxylic acids is 2. The highest BCUT2D eigenvalue weighted by Crippen LogP contribution is 2.22. The van der Waals surface area contributed by atoms with Crippen LogP contribution >= 0.6 is 0 Å². The van der Waals surface area contributed by atoms with Gasteiger partial charge in [-0.15, -0.1) is 0 Å². The predicted octanol–water partition coefficient (Wildman–Crippen LogP) is 2.09. The fraction of sp³-hybridized carbons (Fsp3) is 0.429. The molecule has 0 aromatic heterocycles. The Morgan fingerprint density at radius 2 is 1.89 bits per heavy atom. The zero-order chi connectivity index (χ0) is 14.3. The highest BCUT2D eigenvalue weighted by molar-refractivity contribution is 5.98. The molecule has 0 radical (unpaired) electrons. The van der Waals surface area contributed by atoms with E-state index in [1.54, 1.807) is 19.2 Å². The topological polar surface area (TPSA) is 61.8 Å². The number of methoxy groups -OCH3 is 2. The third-order valence-corrected chi connectivity index (χ3v) is 2.54. The molecule has 0 spiro atoms. The molecule has 0 amide bonds. The van der Waals surface area contributed by atoms with Gasteiger partial charge in [-0.3, -0.25) is 4.79 Å². The van der Waals surface area contributed by atoms with Gasteiger partial charge in [-0.2, -0.15) is 0 Å². The quantitative estimate of drug-likeness (QED) is 0.429. The third-order valence-electron chi connectivity index (χ3n) is 2.54. The molecule has 0 aliphatic rings. The molecule has 19 heavy (non-hydrogen) atoms. The molecular formula is C14H18O5. The van der Waals surface area contributed by atoms with Crippen molar-refractivity contribution in [3.8, 4) is 5.75 Å². The highest BCUT2D eigenvalue weighted by Gasteiger charge is 2.15. The number of carbonyl (C=O) groups is 2. The van der Waals surface area contributed by atoms with E-state index in [2.05, 4.69) is 4.74 Å². The monoisotopic (exact) mass is 266 g/mol. The summed E-state index contributed by atoms with van der Waals surface area (Å²) < 4.78 is 15.1. The van der Waals surface area contributed by atoms with Crippen molar-refractivity contribution in [2.45, 2.75) is 13.3 Å². The lowest BCUT2D eigenvalue weighted by Gasteiger charge is -2.11. The molecule has 1 rings (SSSR count). The zero-order valence-electron chi connectivity index (χ0n) is 11.4. The van der Waals surface area contributed by atoms with E-state index in [1.165, 1.54) is 20.1 Å². The molecule has 0 heterocycles. The largest absolute Gasteiger partial charge is 0.493 e. The summed E-state index contributed by atoms with van der Waals surface area (Å²) in [5.41, 5.74) is 0.805. The molecule has 1 aromatic rings. The van der Waals surface area contributed by atoms with Gasteiger partial charge in [0.05, 0.1) is 13.7 Å². The molecule has 0 aliphatic heterocycles. The van der Waals surface area contributed by atoms with Crippen LogP contribution in [0.25, 0.3) is 0 Å². The molecule has 1 aromatic carbocycles.